The molecule has 0 saturated carbocycles. The van der Waals surface area contributed by atoms with Gasteiger partial charge in [0, 0.05) is 12.1 Å². The van der Waals surface area contributed by atoms with Gasteiger partial charge in [0.25, 0.3) is 5.91 Å². The van der Waals surface area contributed by atoms with Gasteiger partial charge in [0.2, 0.25) is 0 Å². The maximum atomic E-state index is 13.0. The highest BCUT2D eigenvalue weighted by Gasteiger charge is 2.18. The van der Waals surface area contributed by atoms with Gasteiger partial charge in [-0.15, -0.1) is 0 Å². The number of carbonyl (C=O) groups is 1. The number of hydrogen-bond acceptors (Lipinski definition) is 2. The van der Waals surface area contributed by atoms with Gasteiger partial charge in [-0.2, -0.15) is 0 Å². The third-order valence-corrected chi connectivity index (χ3v) is 4.43. The molecular weight excluding hydrogens is 385 g/mol. The van der Waals surface area contributed by atoms with Crippen LogP contribution in [0.5, 0.6) is 5.75 Å². The van der Waals surface area contributed by atoms with Crippen LogP contribution in [0.3, 0.4) is 0 Å². The van der Waals surface area contributed by atoms with Crippen LogP contribution < -0.4 is 4.74 Å². The predicted octanol–water partition coefficient (Wildman–Crippen LogP) is 4.84. The first-order valence-electron chi connectivity index (χ1n) is 6.97. The Labute approximate surface area is 148 Å². The molecule has 1 amide bonds. The second kappa shape index (κ2) is 7.79. The summed E-state index contributed by atoms with van der Waals surface area (Å²) in [6, 6.07) is 11.0. The molecule has 0 saturated heterocycles. The van der Waals surface area contributed by atoms with Crippen molar-refractivity contribution >= 4 is 33.4 Å². The van der Waals surface area contributed by atoms with E-state index >= 15 is 0 Å². The lowest BCUT2D eigenvalue weighted by Gasteiger charge is -2.25. The Balaban J connectivity index is 1.98. The molecule has 0 heterocycles. The molecule has 0 N–H and O–H groups in total. The van der Waals surface area contributed by atoms with Crippen LogP contribution in [0.4, 0.5) is 4.39 Å². The Morgan fingerprint density at radius 2 is 1.96 bits per heavy atom. The molecule has 2 aromatic carbocycles. The van der Waals surface area contributed by atoms with Gasteiger partial charge in [-0.25, -0.2) is 4.39 Å². The largest absolute Gasteiger partial charge is 0.483 e. The molecule has 1 atom stereocenters. The van der Waals surface area contributed by atoms with Crippen molar-refractivity contribution in [3.63, 3.8) is 0 Å². The van der Waals surface area contributed by atoms with E-state index in [9.17, 15) is 9.18 Å². The predicted molar refractivity (Wildman–Crippen MR) is 92.2 cm³/mol. The van der Waals surface area contributed by atoms with E-state index in [0.717, 1.165) is 5.56 Å². The second-order valence-electron chi connectivity index (χ2n) is 5.10. The highest BCUT2D eigenvalue weighted by atomic mass is 79.9. The fourth-order valence-corrected chi connectivity index (χ4v) is 2.81. The van der Waals surface area contributed by atoms with Crippen molar-refractivity contribution in [2.45, 2.75) is 13.0 Å². The van der Waals surface area contributed by atoms with Crippen LogP contribution >= 0.6 is 27.5 Å². The second-order valence-corrected chi connectivity index (χ2v) is 6.39. The Bertz CT molecular complexity index is 693. The van der Waals surface area contributed by atoms with E-state index < -0.39 is 0 Å². The number of benzene rings is 2. The first kappa shape index (κ1) is 17.8. The molecule has 0 fully saturated rings. The van der Waals surface area contributed by atoms with E-state index in [2.05, 4.69) is 15.9 Å². The van der Waals surface area contributed by atoms with Crippen LogP contribution in [-0.2, 0) is 4.79 Å². The fourth-order valence-electron chi connectivity index (χ4n) is 2.01. The molecule has 3 nitrogen and oxygen atoms in total. The number of hydrogen-bond donors (Lipinski definition) is 0. The Kier molecular flexibility index (Phi) is 6.02. The molecule has 0 aliphatic rings. The maximum absolute atomic E-state index is 13.0. The highest BCUT2D eigenvalue weighted by molar-refractivity contribution is 9.10. The molecule has 0 spiro atoms. The molecule has 2 rings (SSSR count). The van der Waals surface area contributed by atoms with Crippen molar-refractivity contribution in [2.75, 3.05) is 13.7 Å². The van der Waals surface area contributed by atoms with Crippen molar-refractivity contribution in [1.82, 2.24) is 4.90 Å². The van der Waals surface area contributed by atoms with Gasteiger partial charge >= 0.3 is 0 Å². The van der Waals surface area contributed by atoms with E-state index in [1.165, 1.54) is 12.1 Å². The summed E-state index contributed by atoms with van der Waals surface area (Å²) in [5.41, 5.74) is 0.856. The molecule has 0 radical (unpaired) electrons. The summed E-state index contributed by atoms with van der Waals surface area (Å²) in [6.07, 6.45) is 0. The van der Waals surface area contributed by atoms with Crippen molar-refractivity contribution < 1.29 is 13.9 Å². The molecular formula is C17H16BrClFNO2. The van der Waals surface area contributed by atoms with Crippen LogP contribution in [0.25, 0.3) is 0 Å². The fraction of sp³-hybridized carbons (Fsp3) is 0.235. The van der Waals surface area contributed by atoms with Crippen molar-refractivity contribution in [3.05, 3.63) is 63.3 Å². The van der Waals surface area contributed by atoms with E-state index in [-0.39, 0.29) is 24.4 Å². The van der Waals surface area contributed by atoms with Crippen molar-refractivity contribution in [2.24, 2.45) is 0 Å². The van der Waals surface area contributed by atoms with Crippen LogP contribution in [0.2, 0.25) is 5.02 Å². The molecule has 6 heteroatoms. The van der Waals surface area contributed by atoms with Crippen LogP contribution in [0.15, 0.2) is 46.9 Å². The SMILES string of the molecule is CC(c1ccc(F)cc1)N(C)C(=O)COc1ccc(Cl)cc1Br. The van der Waals surface area contributed by atoms with Crippen molar-refractivity contribution in [3.8, 4) is 5.75 Å². The Morgan fingerprint density at radius 1 is 1.30 bits per heavy atom. The number of rotatable bonds is 5. The zero-order valence-corrected chi connectivity index (χ0v) is 15.1. The minimum Gasteiger partial charge on any atom is -0.483 e. The summed E-state index contributed by atoms with van der Waals surface area (Å²) in [6.45, 7) is 1.78. The minimum atomic E-state index is -0.300. The molecule has 0 aliphatic heterocycles. The lowest BCUT2D eigenvalue weighted by molar-refractivity contribution is -0.134. The average Bonchev–Trinajstić information content (AvgIpc) is 2.53. The van der Waals surface area contributed by atoms with Gasteiger partial charge in [0.1, 0.15) is 11.6 Å². The summed E-state index contributed by atoms with van der Waals surface area (Å²) in [5.74, 6) is 0.0695. The number of likely N-dealkylation sites (N-methyl/N-ethyl adjacent to an activating group) is 1. The number of carbonyl (C=O) groups excluding carboxylic acids is 1. The molecule has 0 aliphatic carbocycles. The normalized spacial score (nSPS) is 11.9. The van der Waals surface area contributed by atoms with Gasteiger partial charge in [0.15, 0.2) is 6.61 Å². The lowest BCUT2D eigenvalue weighted by atomic mass is 10.1. The summed E-state index contributed by atoms with van der Waals surface area (Å²) in [5, 5.41) is 0.581. The monoisotopic (exact) mass is 399 g/mol. The summed E-state index contributed by atoms with van der Waals surface area (Å²) in [7, 11) is 1.69. The smallest absolute Gasteiger partial charge is 0.260 e. The van der Waals surface area contributed by atoms with Crippen LogP contribution in [0, 0.1) is 5.82 Å². The summed E-state index contributed by atoms with van der Waals surface area (Å²) >= 11 is 9.20. The van der Waals surface area contributed by atoms with E-state index in [1.807, 2.05) is 6.92 Å². The van der Waals surface area contributed by atoms with E-state index in [1.54, 1.807) is 42.3 Å². The van der Waals surface area contributed by atoms with Gasteiger partial charge in [-0.3, -0.25) is 4.79 Å². The lowest BCUT2D eigenvalue weighted by Crippen LogP contribution is -2.33. The van der Waals surface area contributed by atoms with E-state index in [4.69, 9.17) is 16.3 Å². The van der Waals surface area contributed by atoms with Crippen molar-refractivity contribution in [1.29, 1.82) is 0 Å². The zero-order valence-electron chi connectivity index (χ0n) is 12.7. The number of nitrogens with zero attached hydrogens (tertiary/aromatic N) is 1. The first-order chi connectivity index (χ1) is 10.9. The van der Waals surface area contributed by atoms with Gasteiger partial charge in [0.05, 0.1) is 10.5 Å². The maximum Gasteiger partial charge on any atom is 0.260 e. The number of halogens is 3. The number of amides is 1. The highest BCUT2D eigenvalue weighted by Crippen LogP contribution is 2.28. The summed E-state index contributed by atoms with van der Waals surface area (Å²) in [4.78, 5) is 13.8. The molecule has 0 bridgehead atoms. The quantitative estimate of drug-likeness (QED) is 0.719. The standard InChI is InChI=1S/C17H16BrClFNO2/c1-11(12-3-6-14(20)7-4-12)21(2)17(22)10-23-16-8-5-13(19)9-15(16)18/h3-9,11H,10H2,1-2H3. The summed E-state index contributed by atoms with van der Waals surface area (Å²) < 4.78 is 19.2. The minimum absolute atomic E-state index is 0.0950. The number of ether oxygens (including phenoxy) is 1. The van der Waals surface area contributed by atoms with Crippen LogP contribution in [0.1, 0.15) is 18.5 Å². The molecule has 2 aromatic rings. The zero-order chi connectivity index (χ0) is 17.0. The average molecular weight is 401 g/mol. The molecule has 23 heavy (non-hydrogen) atoms. The first-order valence-corrected chi connectivity index (χ1v) is 8.14. The molecule has 0 aromatic heterocycles. The van der Waals surface area contributed by atoms with E-state index in [0.29, 0.717) is 15.2 Å². The molecule has 122 valence electrons. The van der Waals surface area contributed by atoms with Gasteiger partial charge < -0.3 is 9.64 Å². The molecule has 1 unspecified atom stereocenters. The third-order valence-electron chi connectivity index (χ3n) is 3.57. The van der Waals surface area contributed by atoms with Crippen LogP contribution in [-0.4, -0.2) is 24.5 Å². The Morgan fingerprint density at radius 3 is 2.57 bits per heavy atom. The Hall–Kier alpha value is -1.59. The van der Waals surface area contributed by atoms with Gasteiger partial charge in [-0.05, 0) is 58.7 Å². The third kappa shape index (κ3) is 4.69. The van der Waals surface area contributed by atoms with Gasteiger partial charge in [-0.1, -0.05) is 23.7 Å². The topological polar surface area (TPSA) is 29.5 Å².